The SMILES string of the molecule is Clc1cc2c(c(C(Cl)Cc3ccccc3)c1)OCC2. The Hall–Kier alpha value is -1.18. The van der Waals surface area contributed by atoms with Crippen LogP contribution in [0.4, 0.5) is 0 Å². The van der Waals surface area contributed by atoms with Crippen molar-refractivity contribution in [3.8, 4) is 5.75 Å². The number of ether oxygens (including phenoxy) is 1. The quantitative estimate of drug-likeness (QED) is 0.739. The molecule has 0 aromatic heterocycles. The molecule has 0 N–H and O–H groups in total. The average Bonchev–Trinajstić information content (AvgIpc) is 2.86. The van der Waals surface area contributed by atoms with E-state index in [-0.39, 0.29) is 5.38 Å². The van der Waals surface area contributed by atoms with Crippen molar-refractivity contribution in [1.29, 1.82) is 0 Å². The van der Waals surface area contributed by atoms with Gasteiger partial charge in [-0.1, -0.05) is 41.9 Å². The topological polar surface area (TPSA) is 9.23 Å². The lowest BCUT2D eigenvalue weighted by Crippen LogP contribution is -1.99. The van der Waals surface area contributed by atoms with Gasteiger partial charge < -0.3 is 4.74 Å². The van der Waals surface area contributed by atoms with Gasteiger partial charge in [-0.15, -0.1) is 11.6 Å². The molecule has 1 heterocycles. The summed E-state index contributed by atoms with van der Waals surface area (Å²) < 4.78 is 5.70. The van der Waals surface area contributed by atoms with Crippen molar-refractivity contribution in [2.75, 3.05) is 6.61 Å². The molecule has 1 atom stereocenters. The predicted octanol–water partition coefficient (Wildman–Crippen LogP) is 4.80. The smallest absolute Gasteiger partial charge is 0.127 e. The lowest BCUT2D eigenvalue weighted by Gasteiger charge is -2.14. The molecule has 0 saturated carbocycles. The van der Waals surface area contributed by atoms with Crippen LogP contribution >= 0.6 is 23.2 Å². The molecule has 0 amide bonds. The minimum atomic E-state index is -0.118. The molecule has 0 aliphatic carbocycles. The van der Waals surface area contributed by atoms with E-state index in [4.69, 9.17) is 27.9 Å². The molecule has 0 spiro atoms. The van der Waals surface area contributed by atoms with E-state index in [2.05, 4.69) is 12.1 Å². The van der Waals surface area contributed by atoms with Crippen molar-refractivity contribution in [3.05, 3.63) is 64.2 Å². The summed E-state index contributed by atoms with van der Waals surface area (Å²) in [6.07, 6.45) is 1.69. The molecule has 1 aliphatic rings. The molecule has 3 rings (SSSR count). The molecule has 1 nitrogen and oxygen atoms in total. The van der Waals surface area contributed by atoms with Gasteiger partial charge in [-0.3, -0.25) is 0 Å². The van der Waals surface area contributed by atoms with E-state index in [9.17, 15) is 0 Å². The highest BCUT2D eigenvalue weighted by atomic mass is 35.5. The van der Waals surface area contributed by atoms with Crippen LogP contribution in [0.5, 0.6) is 5.75 Å². The Morgan fingerprint density at radius 2 is 1.95 bits per heavy atom. The molecule has 19 heavy (non-hydrogen) atoms. The summed E-state index contributed by atoms with van der Waals surface area (Å²) in [7, 11) is 0. The van der Waals surface area contributed by atoms with Gasteiger partial charge in [0.2, 0.25) is 0 Å². The van der Waals surface area contributed by atoms with Crippen LogP contribution in [0, 0.1) is 0 Å². The van der Waals surface area contributed by atoms with Crippen LogP contribution in [0.2, 0.25) is 5.02 Å². The third kappa shape index (κ3) is 2.72. The van der Waals surface area contributed by atoms with Crippen LogP contribution in [-0.2, 0) is 12.8 Å². The van der Waals surface area contributed by atoms with Crippen molar-refractivity contribution in [2.24, 2.45) is 0 Å². The first kappa shape index (κ1) is 12.8. The molecular formula is C16H14Cl2O. The molecule has 2 aromatic carbocycles. The lowest BCUT2D eigenvalue weighted by atomic mass is 10.0. The van der Waals surface area contributed by atoms with Crippen molar-refractivity contribution in [1.82, 2.24) is 0 Å². The first-order valence-electron chi connectivity index (χ1n) is 6.37. The van der Waals surface area contributed by atoms with Crippen molar-refractivity contribution in [2.45, 2.75) is 18.2 Å². The van der Waals surface area contributed by atoms with Gasteiger partial charge in [0.05, 0.1) is 12.0 Å². The first-order valence-corrected chi connectivity index (χ1v) is 7.18. The third-order valence-electron chi connectivity index (χ3n) is 3.37. The summed E-state index contributed by atoms with van der Waals surface area (Å²) >= 11 is 12.7. The molecule has 0 bridgehead atoms. The fourth-order valence-electron chi connectivity index (χ4n) is 2.46. The van der Waals surface area contributed by atoms with E-state index in [0.29, 0.717) is 0 Å². The summed E-state index contributed by atoms with van der Waals surface area (Å²) in [6, 6.07) is 14.1. The van der Waals surface area contributed by atoms with Gasteiger partial charge >= 0.3 is 0 Å². The van der Waals surface area contributed by atoms with Crippen LogP contribution in [0.25, 0.3) is 0 Å². The van der Waals surface area contributed by atoms with Gasteiger partial charge in [0.15, 0.2) is 0 Å². The van der Waals surface area contributed by atoms with Crippen molar-refractivity contribution in [3.63, 3.8) is 0 Å². The Bertz CT molecular complexity index is 581. The largest absolute Gasteiger partial charge is 0.493 e. The zero-order valence-corrected chi connectivity index (χ0v) is 11.9. The van der Waals surface area contributed by atoms with E-state index >= 15 is 0 Å². The van der Waals surface area contributed by atoms with E-state index in [1.54, 1.807) is 0 Å². The molecule has 0 saturated heterocycles. The first-order chi connectivity index (χ1) is 9.24. The fraction of sp³-hybridized carbons (Fsp3) is 0.250. The molecule has 3 heteroatoms. The normalized spacial score (nSPS) is 14.8. The van der Waals surface area contributed by atoms with Gasteiger partial charge in [-0.2, -0.15) is 0 Å². The highest BCUT2D eigenvalue weighted by Crippen LogP contribution is 2.39. The van der Waals surface area contributed by atoms with Gasteiger partial charge in [-0.05, 0) is 29.7 Å². The van der Waals surface area contributed by atoms with E-state index < -0.39 is 0 Å². The Kier molecular flexibility index (Phi) is 3.67. The molecule has 0 radical (unpaired) electrons. The monoisotopic (exact) mass is 292 g/mol. The second-order valence-electron chi connectivity index (χ2n) is 4.74. The standard InChI is InChI=1S/C16H14Cl2O/c17-13-9-12-6-7-19-16(12)14(10-13)15(18)8-11-4-2-1-3-5-11/h1-5,9-10,15H,6-8H2. The van der Waals surface area contributed by atoms with Gasteiger partial charge in [0, 0.05) is 17.0 Å². The minimum Gasteiger partial charge on any atom is -0.493 e. The molecular weight excluding hydrogens is 279 g/mol. The maximum absolute atomic E-state index is 6.56. The third-order valence-corrected chi connectivity index (χ3v) is 3.98. The average molecular weight is 293 g/mol. The molecule has 1 aliphatic heterocycles. The maximum atomic E-state index is 6.56. The van der Waals surface area contributed by atoms with Crippen LogP contribution in [0.3, 0.4) is 0 Å². The van der Waals surface area contributed by atoms with Crippen LogP contribution in [-0.4, -0.2) is 6.61 Å². The van der Waals surface area contributed by atoms with Crippen molar-refractivity contribution >= 4 is 23.2 Å². The van der Waals surface area contributed by atoms with E-state index in [1.165, 1.54) is 11.1 Å². The summed E-state index contributed by atoms with van der Waals surface area (Å²) in [5.74, 6) is 0.931. The van der Waals surface area contributed by atoms with Crippen molar-refractivity contribution < 1.29 is 4.74 Å². The molecule has 1 unspecified atom stereocenters. The second kappa shape index (κ2) is 5.44. The van der Waals surface area contributed by atoms with Crippen LogP contribution in [0.15, 0.2) is 42.5 Å². The lowest BCUT2D eigenvalue weighted by molar-refractivity contribution is 0.353. The zero-order chi connectivity index (χ0) is 13.2. The number of hydrogen-bond acceptors (Lipinski definition) is 1. The van der Waals surface area contributed by atoms with Crippen LogP contribution < -0.4 is 4.74 Å². The summed E-state index contributed by atoms with van der Waals surface area (Å²) in [6.45, 7) is 0.720. The molecule has 0 fully saturated rings. The highest BCUT2D eigenvalue weighted by molar-refractivity contribution is 6.31. The number of halogens is 2. The second-order valence-corrected chi connectivity index (χ2v) is 5.70. The summed E-state index contributed by atoms with van der Waals surface area (Å²) in [5.41, 5.74) is 3.39. The van der Waals surface area contributed by atoms with E-state index in [0.717, 1.165) is 35.8 Å². The molecule has 98 valence electrons. The highest BCUT2D eigenvalue weighted by Gasteiger charge is 2.22. The number of rotatable bonds is 3. The number of hydrogen-bond donors (Lipinski definition) is 0. The van der Waals surface area contributed by atoms with Gasteiger partial charge in [0.1, 0.15) is 5.75 Å². The number of alkyl halides is 1. The molecule has 2 aromatic rings. The maximum Gasteiger partial charge on any atom is 0.127 e. The summed E-state index contributed by atoms with van der Waals surface area (Å²) in [4.78, 5) is 0. The van der Waals surface area contributed by atoms with E-state index in [1.807, 2.05) is 30.3 Å². The zero-order valence-electron chi connectivity index (χ0n) is 10.4. The van der Waals surface area contributed by atoms with Gasteiger partial charge in [0.25, 0.3) is 0 Å². The Balaban J connectivity index is 1.90. The predicted molar refractivity (Wildman–Crippen MR) is 79.4 cm³/mol. The Morgan fingerprint density at radius 1 is 1.16 bits per heavy atom. The summed E-state index contributed by atoms with van der Waals surface area (Å²) in [5, 5.41) is 0.617. The Labute approximate surface area is 123 Å². The fourth-order valence-corrected chi connectivity index (χ4v) is 3.05. The van der Waals surface area contributed by atoms with Crippen LogP contribution in [0.1, 0.15) is 22.1 Å². The van der Waals surface area contributed by atoms with Gasteiger partial charge in [-0.25, -0.2) is 0 Å². The Morgan fingerprint density at radius 3 is 2.74 bits per heavy atom. The number of benzene rings is 2. The minimum absolute atomic E-state index is 0.118. The number of fused-ring (bicyclic) bond motifs is 1.